The van der Waals surface area contributed by atoms with Crippen molar-refractivity contribution in [2.75, 3.05) is 39.6 Å². The standard InChI is InChI=1S/C78H152O17P2/c1-7-10-12-14-16-18-20-22-23-27-30-34-37-41-48-54-60-75(80)88-66-73(94-78(83)63-57-51-43-39-35-31-28-25-24-26-29-32-36-40-46-52-58-70(4)5)68-92-96(84,85)90-64-72(79)65-91-97(86,87)93-69-74(67-89-76(81)61-55-49-45-44-47-53-59-71(6)9-3)95-77(82)62-56-50-42-38-33-21-19-17-15-13-11-8-2/h70-74,79H,7-69H2,1-6H3,(H,84,85)(H,86,87)/t71?,72-,73-,74-/m1/s1. The van der Waals surface area contributed by atoms with E-state index in [-0.39, 0.29) is 25.7 Å². The highest BCUT2D eigenvalue weighted by Gasteiger charge is 2.30. The highest BCUT2D eigenvalue weighted by atomic mass is 31.2. The lowest BCUT2D eigenvalue weighted by molar-refractivity contribution is -0.161. The predicted molar refractivity (Wildman–Crippen MR) is 395 cm³/mol. The van der Waals surface area contributed by atoms with Crippen LogP contribution in [0.1, 0.15) is 408 Å². The quantitative estimate of drug-likeness (QED) is 0.0222. The molecule has 0 amide bonds. The summed E-state index contributed by atoms with van der Waals surface area (Å²) in [5, 5.41) is 10.6. The summed E-state index contributed by atoms with van der Waals surface area (Å²) in [7, 11) is -9.91. The van der Waals surface area contributed by atoms with Crippen LogP contribution in [0.3, 0.4) is 0 Å². The Morgan fingerprint density at radius 1 is 0.299 bits per heavy atom. The molecular weight excluding hydrogens is 1270 g/mol. The second-order valence-corrected chi connectivity index (χ2v) is 31.7. The summed E-state index contributed by atoms with van der Waals surface area (Å²) in [6.45, 7) is 9.60. The number of hydrogen-bond donors (Lipinski definition) is 3. The van der Waals surface area contributed by atoms with Crippen molar-refractivity contribution in [2.45, 2.75) is 426 Å². The Kier molecular flexibility index (Phi) is 68.4. The van der Waals surface area contributed by atoms with E-state index in [2.05, 4.69) is 41.5 Å². The van der Waals surface area contributed by atoms with Crippen LogP contribution >= 0.6 is 15.6 Å². The molecule has 19 heteroatoms. The van der Waals surface area contributed by atoms with Crippen LogP contribution in [0, 0.1) is 11.8 Å². The van der Waals surface area contributed by atoms with Crippen LogP contribution in [0.15, 0.2) is 0 Å². The van der Waals surface area contributed by atoms with Crippen LogP contribution in [0.25, 0.3) is 0 Å². The minimum absolute atomic E-state index is 0.107. The van der Waals surface area contributed by atoms with Crippen LogP contribution in [0.5, 0.6) is 0 Å². The Hall–Kier alpha value is -1.94. The van der Waals surface area contributed by atoms with E-state index in [4.69, 9.17) is 37.0 Å². The van der Waals surface area contributed by atoms with E-state index in [1.54, 1.807) is 0 Å². The number of unbranched alkanes of at least 4 members (excludes halogenated alkanes) is 46. The maximum absolute atomic E-state index is 13.1. The minimum Gasteiger partial charge on any atom is -0.462 e. The van der Waals surface area contributed by atoms with Gasteiger partial charge in [-0.3, -0.25) is 37.3 Å². The van der Waals surface area contributed by atoms with Crippen LogP contribution in [0.2, 0.25) is 0 Å². The van der Waals surface area contributed by atoms with Gasteiger partial charge in [0.15, 0.2) is 12.2 Å². The molecule has 97 heavy (non-hydrogen) atoms. The molecule has 3 N–H and O–H groups in total. The van der Waals surface area contributed by atoms with E-state index in [9.17, 15) is 43.2 Å². The average molecular weight is 1420 g/mol. The Morgan fingerprint density at radius 2 is 0.526 bits per heavy atom. The Bertz CT molecular complexity index is 1870. The summed E-state index contributed by atoms with van der Waals surface area (Å²) in [5.74, 6) is -0.572. The molecule has 0 saturated heterocycles. The molecule has 576 valence electrons. The number of hydrogen-bond acceptors (Lipinski definition) is 15. The van der Waals surface area contributed by atoms with Crippen molar-refractivity contribution >= 4 is 39.5 Å². The molecule has 0 aliphatic carbocycles. The van der Waals surface area contributed by atoms with Crippen LogP contribution < -0.4 is 0 Å². The fourth-order valence-electron chi connectivity index (χ4n) is 12.0. The van der Waals surface area contributed by atoms with E-state index in [1.807, 2.05) is 0 Å². The van der Waals surface area contributed by atoms with Crippen LogP contribution in [-0.4, -0.2) is 96.7 Å². The number of phosphoric ester groups is 2. The zero-order valence-corrected chi connectivity index (χ0v) is 65.2. The van der Waals surface area contributed by atoms with Gasteiger partial charge in [-0.05, 0) is 37.5 Å². The van der Waals surface area contributed by atoms with Gasteiger partial charge in [-0.2, -0.15) is 0 Å². The van der Waals surface area contributed by atoms with Crippen LogP contribution in [-0.2, 0) is 65.4 Å². The van der Waals surface area contributed by atoms with Gasteiger partial charge in [0, 0.05) is 25.7 Å². The summed E-state index contributed by atoms with van der Waals surface area (Å²) in [6, 6.07) is 0. The Morgan fingerprint density at radius 3 is 0.784 bits per heavy atom. The third-order valence-corrected chi connectivity index (χ3v) is 20.5. The van der Waals surface area contributed by atoms with Gasteiger partial charge in [-0.15, -0.1) is 0 Å². The van der Waals surface area contributed by atoms with Crippen molar-refractivity contribution in [1.29, 1.82) is 0 Å². The maximum Gasteiger partial charge on any atom is 0.472 e. The number of rotatable bonds is 77. The first-order chi connectivity index (χ1) is 46.9. The molecule has 17 nitrogen and oxygen atoms in total. The van der Waals surface area contributed by atoms with Crippen molar-refractivity contribution in [3.8, 4) is 0 Å². The number of carbonyl (C=O) groups excluding carboxylic acids is 4. The van der Waals surface area contributed by atoms with Crippen molar-refractivity contribution < 1.29 is 80.2 Å². The molecular formula is C78H152O17P2. The fourth-order valence-corrected chi connectivity index (χ4v) is 13.6. The third-order valence-electron chi connectivity index (χ3n) is 18.6. The van der Waals surface area contributed by atoms with Crippen molar-refractivity contribution in [3.63, 3.8) is 0 Å². The first kappa shape index (κ1) is 95.1. The van der Waals surface area contributed by atoms with Gasteiger partial charge < -0.3 is 33.8 Å². The first-order valence-electron chi connectivity index (χ1n) is 40.5. The van der Waals surface area contributed by atoms with Gasteiger partial charge in [0.2, 0.25) is 0 Å². The summed E-state index contributed by atoms with van der Waals surface area (Å²) in [4.78, 5) is 72.9. The molecule has 0 aliphatic heterocycles. The van der Waals surface area contributed by atoms with Gasteiger partial charge in [-0.1, -0.05) is 356 Å². The maximum atomic E-state index is 13.1. The van der Waals surface area contributed by atoms with Crippen molar-refractivity contribution in [3.05, 3.63) is 0 Å². The second-order valence-electron chi connectivity index (χ2n) is 28.8. The summed E-state index contributed by atoms with van der Waals surface area (Å²) >= 11 is 0. The monoisotopic (exact) mass is 1420 g/mol. The highest BCUT2D eigenvalue weighted by Crippen LogP contribution is 2.45. The van der Waals surface area contributed by atoms with E-state index < -0.39 is 97.5 Å². The molecule has 0 aliphatic rings. The smallest absolute Gasteiger partial charge is 0.462 e. The van der Waals surface area contributed by atoms with E-state index in [1.165, 1.54) is 218 Å². The molecule has 6 atom stereocenters. The molecule has 0 aromatic carbocycles. The summed E-state index contributed by atoms with van der Waals surface area (Å²) in [5.41, 5.74) is 0. The van der Waals surface area contributed by atoms with E-state index >= 15 is 0 Å². The van der Waals surface area contributed by atoms with Gasteiger partial charge in [0.25, 0.3) is 0 Å². The zero-order chi connectivity index (χ0) is 71.4. The summed E-state index contributed by atoms with van der Waals surface area (Å²) in [6.07, 6.45) is 58.2. The van der Waals surface area contributed by atoms with Gasteiger partial charge in [0.1, 0.15) is 19.3 Å². The highest BCUT2D eigenvalue weighted by molar-refractivity contribution is 7.47. The lowest BCUT2D eigenvalue weighted by atomic mass is 10.00. The number of aliphatic hydroxyl groups excluding tert-OH is 1. The number of aliphatic hydroxyl groups is 1. The van der Waals surface area contributed by atoms with Crippen molar-refractivity contribution in [2.24, 2.45) is 11.8 Å². The van der Waals surface area contributed by atoms with Crippen molar-refractivity contribution in [1.82, 2.24) is 0 Å². The normalized spacial score (nSPS) is 14.2. The Labute approximate surface area is 594 Å². The SMILES string of the molecule is CCCCCCCCCCCCCCCCCCC(=O)OC[C@H](COP(=O)(O)OC[C@@H](O)COP(=O)(O)OC[C@@H](COC(=O)CCCCCCCCC(C)CC)OC(=O)CCCCCCCCCCCCCC)OC(=O)CCCCCCCCCCCCCCCCCCC(C)C. The molecule has 0 radical (unpaired) electrons. The lowest BCUT2D eigenvalue weighted by Gasteiger charge is -2.21. The van der Waals surface area contributed by atoms with E-state index in [0.717, 1.165) is 108 Å². The number of esters is 4. The molecule has 0 saturated carbocycles. The average Bonchev–Trinajstić information content (AvgIpc) is 1.18. The van der Waals surface area contributed by atoms with Crippen LogP contribution in [0.4, 0.5) is 0 Å². The molecule has 0 bridgehead atoms. The predicted octanol–water partition coefficient (Wildman–Crippen LogP) is 23.1. The van der Waals surface area contributed by atoms with Gasteiger partial charge in [0.05, 0.1) is 26.4 Å². The molecule has 0 rings (SSSR count). The first-order valence-corrected chi connectivity index (χ1v) is 43.5. The van der Waals surface area contributed by atoms with Gasteiger partial charge >= 0.3 is 39.5 Å². The van der Waals surface area contributed by atoms with Gasteiger partial charge in [-0.25, -0.2) is 9.13 Å². The molecule has 3 unspecified atom stereocenters. The zero-order valence-electron chi connectivity index (χ0n) is 63.4. The number of ether oxygens (including phenoxy) is 4. The summed E-state index contributed by atoms with van der Waals surface area (Å²) < 4.78 is 68.6. The molecule has 0 aromatic rings. The molecule has 0 spiro atoms. The second kappa shape index (κ2) is 69.8. The lowest BCUT2D eigenvalue weighted by Crippen LogP contribution is -2.30. The topological polar surface area (TPSA) is 237 Å². The molecule has 0 fully saturated rings. The number of phosphoric acid groups is 2. The molecule has 0 aromatic heterocycles. The third kappa shape index (κ3) is 70.9. The number of carbonyl (C=O) groups is 4. The van der Waals surface area contributed by atoms with E-state index in [0.29, 0.717) is 25.7 Å². The fraction of sp³-hybridized carbons (Fsp3) is 0.949. The largest absolute Gasteiger partial charge is 0.472 e. The Balaban J connectivity index is 5.23. The molecule has 0 heterocycles. The minimum atomic E-state index is -4.96.